The highest BCUT2D eigenvalue weighted by Gasteiger charge is 2.04. The third-order valence-corrected chi connectivity index (χ3v) is 3.25. The van der Waals surface area contributed by atoms with Crippen LogP contribution >= 0.6 is 0 Å². The van der Waals surface area contributed by atoms with E-state index in [0.717, 1.165) is 0 Å². The summed E-state index contributed by atoms with van der Waals surface area (Å²) < 4.78 is 15.5. The Morgan fingerprint density at radius 1 is 0.913 bits per heavy atom. The van der Waals surface area contributed by atoms with E-state index in [1.165, 1.54) is 6.08 Å². The van der Waals surface area contributed by atoms with Crippen LogP contribution in [0.3, 0.4) is 0 Å². The lowest BCUT2D eigenvalue weighted by Crippen LogP contribution is -1.98. The van der Waals surface area contributed by atoms with Crippen LogP contribution in [0.15, 0.2) is 54.7 Å². The topological polar surface area (TPSA) is 56.8 Å². The molecule has 1 N–H and O–H groups in total. The second-order valence-corrected chi connectivity index (χ2v) is 4.64. The molecule has 120 valence electrons. The summed E-state index contributed by atoms with van der Waals surface area (Å²) in [6.45, 7) is 0. The summed E-state index contributed by atoms with van der Waals surface area (Å²) in [5.74, 6) is 1.96. The Kier molecular flexibility index (Phi) is 5.63. The molecule has 0 saturated heterocycles. The Hall–Kier alpha value is -2.95. The molecule has 0 amide bonds. The lowest BCUT2D eigenvalue weighted by Gasteiger charge is -2.09. The summed E-state index contributed by atoms with van der Waals surface area (Å²) in [6, 6.07) is 12.3. The number of carbonyl (C=O) groups is 1. The number of hydrogen-bond donors (Lipinski definition) is 1. The van der Waals surface area contributed by atoms with Crippen molar-refractivity contribution in [1.29, 1.82) is 0 Å². The van der Waals surface area contributed by atoms with E-state index >= 15 is 0 Å². The fourth-order valence-corrected chi connectivity index (χ4v) is 1.99. The number of anilines is 1. The summed E-state index contributed by atoms with van der Waals surface area (Å²) in [5.41, 5.74) is 1.30. The Balaban J connectivity index is 2.07. The van der Waals surface area contributed by atoms with E-state index in [1.54, 1.807) is 70.0 Å². The Morgan fingerprint density at radius 3 is 2.17 bits per heavy atom. The van der Waals surface area contributed by atoms with Crippen LogP contribution in [0.5, 0.6) is 17.2 Å². The quantitative estimate of drug-likeness (QED) is 0.626. The zero-order valence-electron chi connectivity index (χ0n) is 13.3. The standard InChI is InChI=1S/C18H19NO4/c1-21-14-6-4-13(5-7-14)17(20)10-11-19-16-12-15(22-2)8-9-18(16)23-3/h4-12,19H,1-3H3/b11-10+. The minimum absolute atomic E-state index is 0.109. The van der Waals surface area contributed by atoms with Gasteiger partial charge in [0.15, 0.2) is 5.78 Å². The van der Waals surface area contributed by atoms with Gasteiger partial charge in [-0.3, -0.25) is 4.79 Å². The molecule has 0 spiro atoms. The Labute approximate surface area is 135 Å². The molecule has 0 heterocycles. The molecule has 2 aromatic carbocycles. The van der Waals surface area contributed by atoms with Gasteiger partial charge in [-0.1, -0.05) is 0 Å². The van der Waals surface area contributed by atoms with Gasteiger partial charge in [0.2, 0.25) is 0 Å². The van der Waals surface area contributed by atoms with Crippen LogP contribution in [0, 0.1) is 0 Å². The second-order valence-electron chi connectivity index (χ2n) is 4.64. The normalized spacial score (nSPS) is 10.4. The van der Waals surface area contributed by atoms with E-state index in [4.69, 9.17) is 14.2 Å². The molecule has 0 bridgehead atoms. The fourth-order valence-electron chi connectivity index (χ4n) is 1.99. The van der Waals surface area contributed by atoms with Crippen LogP contribution in [0.25, 0.3) is 0 Å². The van der Waals surface area contributed by atoms with Crippen LogP contribution in [-0.2, 0) is 0 Å². The molecule has 5 heteroatoms. The average Bonchev–Trinajstić information content (AvgIpc) is 2.61. The smallest absolute Gasteiger partial charge is 0.187 e. The number of allylic oxidation sites excluding steroid dienone is 1. The van der Waals surface area contributed by atoms with Gasteiger partial charge in [-0.15, -0.1) is 0 Å². The first-order valence-electron chi connectivity index (χ1n) is 7.01. The molecule has 0 unspecified atom stereocenters. The van der Waals surface area contributed by atoms with E-state index in [1.807, 2.05) is 0 Å². The molecule has 5 nitrogen and oxygen atoms in total. The van der Waals surface area contributed by atoms with Gasteiger partial charge in [0.05, 0.1) is 27.0 Å². The molecule has 0 atom stereocenters. The number of ketones is 1. The highest BCUT2D eigenvalue weighted by molar-refractivity contribution is 6.04. The third kappa shape index (κ3) is 4.26. The van der Waals surface area contributed by atoms with Crippen molar-refractivity contribution in [3.63, 3.8) is 0 Å². The molecule has 0 aliphatic rings. The van der Waals surface area contributed by atoms with E-state index in [9.17, 15) is 4.79 Å². The summed E-state index contributed by atoms with van der Waals surface area (Å²) in [6.07, 6.45) is 3.03. The predicted octanol–water partition coefficient (Wildman–Crippen LogP) is 3.52. The maximum absolute atomic E-state index is 12.1. The van der Waals surface area contributed by atoms with Crippen molar-refractivity contribution in [2.24, 2.45) is 0 Å². The number of hydrogen-bond acceptors (Lipinski definition) is 5. The molecule has 0 aliphatic carbocycles. The van der Waals surface area contributed by atoms with Gasteiger partial charge in [-0.05, 0) is 36.4 Å². The van der Waals surface area contributed by atoms with Crippen LogP contribution in [0.4, 0.5) is 5.69 Å². The van der Waals surface area contributed by atoms with E-state index in [-0.39, 0.29) is 5.78 Å². The molecular weight excluding hydrogens is 294 g/mol. The summed E-state index contributed by atoms with van der Waals surface area (Å²) in [7, 11) is 4.76. The maximum Gasteiger partial charge on any atom is 0.187 e. The van der Waals surface area contributed by atoms with Crippen molar-refractivity contribution in [2.45, 2.75) is 0 Å². The summed E-state index contributed by atoms with van der Waals surface area (Å²) in [5, 5.41) is 3.03. The van der Waals surface area contributed by atoms with E-state index < -0.39 is 0 Å². The van der Waals surface area contributed by atoms with Crippen molar-refractivity contribution < 1.29 is 19.0 Å². The lowest BCUT2D eigenvalue weighted by molar-refractivity contribution is 0.104. The number of ether oxygens (including phenoxy) is 3. The van der Waals surface area contributed by atoms with E-state index in [0.29, 0.717) is 28.5 Å². The van der Waals surface area contributed by atoms with Gasteiger partial charge >= 0.3 is 0 Å². The number of carbonyl (C=O) groups excluding carboxylic acids is 1. The van der Waals surface area contributed by atoms with Crippen molar-refractivity contribution in [3.8, 4) is 17.2 Å². The van der Waals surface area contributed by atoms with Crippen LogP contribution in [-0.4, -0.2) is 27.1 Å². The predicted molar refractivity (Wildman–Crippen MR) is 89.6 cm³/mol. The maximum atomic E-state index is 12.1. The molecule has 0 aromatic heterocycles. The lowest BCUT2D eigenvalue weighted by atomic mass is 10.1. The fraction of sp³-hybridized carbons (Fsp3) is 0.167. The highest BCUT2D eigenvalue weighted by Crippen LogP contribution is 2.28. The van der Waals surface area contributed by atoms with Gasteiger partial charge in [-0.2, -0.15) is 0 Å². The Bertz CT molecular complexity index is 693. The number of methoxy groups -OCH3 is 3. The first kappa shape index (κ1) is 16.4. The zero-order valence-corrected chi connectivity index (χ0v) is 13.3. The molecule has 0 aliphatic heterocycles. The first-order chi connectivity index (χ1) is 11.2. The summed E-state index contributed by atoms with van der Waals surface area (Å²) >= 11 is 0. The van der Waals surface area contributed by atoms with Gasteiger partial charge in [0.25, 0.3) is 0 Å². The average molecular weight is 313 g/mol. The van der Waals surface area contributed by atoms with Crippen LogP contribution in [0.2, 0.25) is 0 Å². The Morgan fingerprint density at radius 2 is 1.57 bits per heavy atom. The van der Waals surface area contributed by atoms with Crippen molar-refractivity contribution in [1.82, 2.24) is 0 Å². The summed E-state index contributed by atoms with van der Waals surface area (Å²) in [4.78, 5) is 12.1. The SMILES string of the molecule is COc1ccc(C(=O)/C=C/Nc2cc(OC)ccc2OC)cc1. The monoisotopic (exact) mass is 313 g/mol. The molecule has 2 aromatic rings. The molecule has 2 rings (SSSR count). The second kappa shape index (κ2) is 7.89. The first-order valence-corrected chi connectivity index (χ1v) is 7.01. The largest absolute Gasteiger partial charge is 0.497 e. The van der Waals surface area contributed by atoms with Gasteiger partial charge < -0.3 is 19.5 Å². The molecule has 0 saturated carbocycles. The number of benzene rings is 2. The highest BCUT2D eigenvalue weighted by atomic mass is 16.5. The minimum Gasteiger partial charge on any atom is -0.497 e. The molecule has 0 fully saturated rings. The van der Waals surface area contributed by atoms with Crippen LogP contribution < -0.4 is 19.5 Å². The molecule has 23 heavy (non-hydrogen) atoms. The number of rotatable bonds is 7. The van der Waals surface area contributed by atoms with E-state index in [2.05, 4.69) is 5.32 Å². The third-order valence-electron chi connectivity index (χ3n) is 3.25. The van der Waals surface area contributed by atoms with Crippen LogP contribution in [0.1, 0.15) is 10.4 Å². The van der Waals surface area contributed by atoms with Gasteiger partial charge in [0.1, 0.15) is 17.2 Å². The van der Waals surface area contributed by atoms with Crippen molar-refractivity contribution in [3.05, 3.63) is 60.3 Å². The van der Waals surface area contributed by atoms with Gasteiger partial charge in [0, 0.05) is 23.9 Å². The van der Waals surface area contributed by atoms with Gasteiger partial charge in [-0.25, -0.2) is 0 Å². The zero-order chi connectivity index (χ0) is 16.7. The minimum atomic E-state index is -0.109. The molecular formula is C18H19NO4. The number of nitrogens with one attached hydrogen (secondary N) is 1. The molecule has 0 radical (unpaired) electrons. The van der Waals surface area contributed by atoms with Crippen molar-refractivity contribution >= 4 is 11.5 Å². The van der Waals surface area contributed by atoms with Crippen molar-refractivity contribution in [2.75, 3.05) is 26.6 Å².